The Morgan fingerprint density at radius 2 is 1.78 bits per heavy atom. The molecule has 0 aromatic carbocycles. The minimum absolute atomic E-state index is 0.0995. The maximum Gasteiger partial charge on any atom is 0.307 e. The number of amides is 2. The van der Waals surface area contributed by atoms with Crippen molar-refractivity contribution in [2.75, 3.05) is 13.1 Å². The molecule has 0 heterocycles. The Hall–Kier alpha value is -1.59. The quantitative estimate of drug-likeness (QED) is 0.622. The fourth-order valence-electron chi connectivity index (χ4n) is 2.19. The molecular weight excluding hydrogens is 236 g/mol. The lowest BCUT2D eigenvalue weighted by Gasteiger charge is -2.06. The van der Waals surface area contributed by atoms with Gasteiger partial charge in [-0.05, 0) is 11.8 Å². The molecule has 1 fully saturated rings. The van der Waals surface area contributed by atoms with Crippen LogP contribution in [0.4, 0.5) is 0 Å². The van der Waals surface area contributed by atoms with Gasteiger partial charge in [0.25, 0.3) is 0 Å². The van der Waals surface area contributed by atoms with E-state index in [2.05, 4.69) is 10.6 Å². The summed E-state index contributed by atoms with van der Waals surface area (Å²) in [5, 5.41) is 14.1. The molecule has 0 aromatic heterocycles. The van der Waals surface area contributed by atoms with Crippen molar-refractivity contribution < 1.29 is 19.5 Å². The van der Waals surface area contributed by atoms with Crippen LogP contribution < -0.4 is 10.6 Å². The van der Waals surface area contributed by atoms with E-state index >= 15 is 0 Å². The minimum Gasteiger partial charge on any atom is -0.481 e. The molecule has 1 aliphatic rings. The highest BCUT2D eigenvalue weighted by Crippen LogP contribution is 2.58. The maximum atomic E-state index is 11.8. The van der Waals surface area contributed by atoms with Crippen molar-refractivity contribution in [3.05, 3.63) is 0 Å². The number of carbonyl (C=O) groups excluding carboxylic acids is 2. The second-order valence-corrected chi connectivity index (χ2v) is 5.18. The van der Waals surface area contributed by atoms with E-state index in [0.29, 0.717) is 6.54 Å². The van der Waals surface area contributed by atoms with Crippen LogP contribution in [0.5, 0.6) is 0 Å². The average Bonchev–Trinajstić information content (AvgIpc) is 2.86. The first-order chi connectivity index (χ1) is 8.32. The van der Waals surface area contributed by atoms with Gasteiger partial charge in [0, 0.05) is 6.54 Å². The Morgan fingerprint density at radius 3 is 2.22 bits per heavy atom. The number of aliphatic carboxylic acids is 1. The molecule has 1 aliphatic carbocycles. The second kappa shape index (κ2) is 5.37. The van der Waals surface area contributed by atoms with Gasteiger partial charge in [0.05, 0.1) is 18.4 Å². The fourth-order valence-corrected chi connectivity index (χ4v) is 2.19. The van der Waals surface area contributed by atoms with E-state index in [4.69, 9.17) is 5.11 Å². The molecule has 0 aliphatic heterocycles. The molecular formula is C12H20N2O4. The van der Waals surface area contributed by atoms with Crippen LogP contribution in [-0.2, 0) is 14.4 Å². The average molecular weight is 256 g/mol. The van der Waals surface area contributed by atoms with E-state index in [1.165, 1.54) is 0 Å². The zero-order valence-corrected chi connectivity index (χ0v) is 10.9. The normalized spacial score (nSPS) is 24.2. The molecule has 3 N–H and O–H groups in total. The lowest BCUT2D eigenvalue weighted by Crippen LogP contribution is -2.38. The van der Waals surface area contributed by atoms with Crippen LogP contribution in [0.15, 0.2) is 0 Å². The van der Waals surface area contributed by atoms with Crippen molar-refractivity contribution in [2.45, 2.75) is 27.2 Å². The number of hydrogen-bond acceptors (Lipinski definition) is 3. The molecule has 0 aromatic rings. The number of carboxylic acids is 1. The van der Waals surface area contributed by atoms with Crippen LogP contribution in [0.3, 0.4) is 0 Å². The highest BCUT2D eigenvalue weighted by atomic mass is 16.4. The molecule has 18 heavy (non-hydrogen) atoms. The van der Waals surface area contributed by atoms with E-state index in [9.17, 15) is 14.4 Å². The molecule has 2 amide bonds. The zero-order valence-electron chi connectivity index (χ0n) is 10.9. The van der Waals surface area contributed by atoms with Crippen molar-refractivity contribution >= 4 is 17.8 Å². The molecule has 0 bridgehead atoms. The standard InChI is InChI=1S/C12H20N2O4/c1-4-5-13-7(15)6-14-10(16)8-9(11(17)18)12(8,2)3/h8-9H,4-6H2,1-3H3,(H,13,15)(H,14,16)(H,17,18)/t8-,9+/m1/s1. The predicted octanol–water partition coefficient (Wildman–Crippen LogP) is -0.0144. The second-order valence-electron chi connectivity index (χ2n) is 5.18. The Kier molecular flexibility index (Phi) is 4.32. The van der Waals surface area contributed by atoms with Crippen LogP contribution in [0, 0.1) is 17.3 Å². The highest BCUT2D eigenvalue weighted by Gasteiger charge is 2.65. The molecule has 1 rings (SSSR count). The summed E-state index contributed by atoms with van der Waals surface area (Å²) in [5.41, 5.74) is -0.532. The topological polar surface area (TPSA) is 95.5 Å². The molecule has 0 unspecified atom stereocenters. The first kappa shape index (κ1) is 14.5. The third-order valence-corrected chi connectivity index (χ3v) is 3.37. The molecule has 6 heteroatoms. The van der Waals surface area contributed by atoms with Crippen LogP contribution in [-0.4, -0.2) is 36.0 Å². The lowest BCUT2D eigenvalue weighted by atomic mass is 10.1. The van der Waals surface area contributed by atoms with Crippen molar-refractivity contribution in [2.24, 2.45) is 17.3 Å². The molecule has 0 saturated heterocycles. The summed E-state index contributed by atoms with van der Waals surface area (Å²) < 4.78 is 0. The van der Waals surface area contributed by atoms with Gasteiger partial charge in [-0.15, -0.1) is 0 Å². The van der Waals surface area contributed by atoms with Gasteiger partial charge in [-0.3, -0.25) is 14.4 Å². The SMILES string of the molecule is CCCNC(=O)CNC(=O)[C@H]1[C@@H](C(=O)O)C1(C)C. The van der Waals surface area contributed by atoms with Crippen molar-refractivity contribution in [1.29, 1.82) is 0 Å². The summed E-state index contributed by atoms with van der Waals surface area (Å²) in [5.74, 6) is -2.78. The maximum absolute atomic E-state index is 11.8. The van der Waals surface area contributed by atoms with E-state index in [1.807, 2.05) is 6.92 Å². The van der Waals surface area contributed by atoms with Gasteiger partial charge < -0.3 is 15.7 Å². The summed E-state index contributed by atoms with van der Waals surface area (Å²) in [6.45, 7) is 5.89. The van der Waals surface area contributed by atoms with Gasteiger partial charge >= 0.3 is 5.97 Å². The van der Waals surface area contributed by atoms with E-state index < -0.39 is 23.2 Å². The molecule has 0 radical (unpaired) electrons. The predicted molar refractivity (Wildman–Crippen MR) is 64.7 cm³/mol. The van der Waals surface area contributed by atoms with Crippen LogP contribution in [0.2, 0.25) is 0 Å². The first-order valence-corrected chi connectivity index (χ1v) is 6.09. The largest absolute Gasteiger partial charge is 0.481 e. The zero-order chi connectivity index (χ0) is 13.9. The summed E-state index contributed by atoms with van der Waals surface area (Å²) >= 11 is 0. The van der Waals surface area contributed by atoms with Gasteiger partial charge in [0.2, 0.25) is 11.8 Å². The molecule has 6 nitrogen and oxygen atoms in total. The third-order valence-electron chi connectivity index (χ3n) is 3.37. The third kappa shape index (κ3) is 3.00. The first-order valence-electron chi connectivity index (χ1n) is 6.09. The number of hydrogen-bond donors (Lipinski definition) is 3. The van der Waals surface area contributed by atoms with Gasteiger partial charge in [-0.2, -0.15) is 0 Å². The summed E-state index contributed by atoms with van der Waals surface area (Å²) in [6.07, 6.45) is 0.830. The Morgan fingerprint density at radius 1 is 1.17 bits per heavy atom. The number of nitrogens with one attached hydrogen (secondary N) is 2. The summed E-state index contributed by atoms with van der Waals surface area (Å²) in [7, 11) is 0. The van der Waals surface area contributed by atoms with E-state index in [-0.39, 0.29) is 18.4 Å². The van der Waals surface area contributed by atoms with Crippen molar-refractivity contribution in [1.82, 2.24) is 10.6 Å². The van der Waals surface area contributed by atoms with Crippen molar-refractivity contribution in [3.8, 4) is 0 Å². The number of carboxylic acid groups (broad SMARTS) is 1. The Balaban J connectivity index is 2.39. The molecule has 1 saturated carbocycles. The minimum atomic E-state index is -0.962. The van der Waals surface area contributed by atoms with Gasteiger partial charge in [0.1, 0.15) is 0 Å². The van der Waals surface area contributed by atoms with Crippen molar-refractivity contribution in [3.63, 3.8) is 0 Å². The Bertz CT molecular complexity index is 365. The Labute approximate surface area is 106 Å². The highest BCUT2D eigenvalue weighted by molar-refractivity contribution is 5.93. The molecule has 102 valence electrons. The summed E-state index contributed by atoms with van der Waals surface area (Å²) in [4.78, 5) is 34.0. The van der Waals surface area contributed by atoms with E-state index in [0.717, 1.165) is 6.42 Å². The number of carbonyl (C=O) groups is 3. The van der Waals surface area contributed by atoms with Crippen LogP contribution in [0.1, 0.15) is 27.2 Å². The lowest BCUT2D eigenvalue weighted by molar-refractivity contribution is -0.140. The summed E-state index contributed by atoms with van der Waals surface area (Å²) in [6, 6.07) is 0. The number of rotatable bonds is 6. The smallest absolute Gasteiger partial charge is 0.307 e. The fraction of sp³-hybridized carbons (Fsp3) is 0.750. The van der Waals surface area contributed by atoms with Gasteiger partial charge in [-0.1, -0.05) is 20.8 Å². The van der Waals surface area contributed by atoms with E-state index in [1.54, 1.807) is 13.8 Å². The monoisotopic (exact) mass is 256 g/mol. The van der Waals surface area contributed by atoms with Crippen LogP contribution >= 0.6 is 0 Å². The van der Waals surface area contributed by atoms with Gasteiger partial charge in [0.15, 0.2) is 0 Å². The van der Waals surface area contributed by atoms with Crippen LogP contribution in [0.25, 0.3) is 0 Å². The molecule has 2 atom stereocenters. The molecule has 0 spiro atoms. The van der Waals surface area contributed by atoms with Gasteiger partial charge in [-0.25, -0.2) is 0 Å².